The van der Waals surface area contributed by atoms with Crippen molar-refractivity contribution in [1.29, 1.82) is 0 Å². The van der Waals surface area contributed by atoms with E-state index in [4.69, 9.17) is 5.73 Å². The highest BCUT2D eigenvalue weighted by atomic mass is 16.2. The van der Waals surface area contributed by atoms with Crippen LogP contribution in [0, 0.1) is 5.92 Å². The van der Waals surface area contributed by atoms with E-state index in [9.17, 15) is 4.79 Å². The Morgan fingerprint density at radius 2 is 2.36 bits per heavy atom. The fourth-order valence-electron chi connectivity index (χ4n) is 1.17. The number of carbonyl (C=O) groups excluding carboxylic acids is 1. The second-order valence-electron chi connectivity index (χ2n) is 2.58. The van der Waals surface area contributed by atoms with Gasteiger partial charge >= 0.3 is 0 Å². The van der Waals surface area contributed by atoms with Crippen LogP contribution in [0.25, 0.3) is 0 Å². The van der Waals surface area contributed by atoms with Gasteiger partial charge in [0.05, 0.1) is 5.92 Å². The lowest BCUT2D eigenvalue weighted by Gasteiger charge is -2.09. The van der Waals surface area contributed by atoms with Crippen LogP contribution in [-0.4, -0.2) is 29.7 Å². The Bertz CT molecular complexity index is 200. The highest BCUT2D eigenvalue weighted by Gasteiger charge is 2.30. The van der Waals surface area contributed by atoms with Gasteiger partial charge in [-0.25, -0.2) is 5.01 Å². The van der Waals surface area contributed by atoms with Crippen molar-refractivity contribution in [3.8, 4) is 0 Å². The van der Waals surface area contributed by atoms with E-state index in [0.29, 0.717) is 13.1 Å². The summed E-state index contributed by atoms with van der Waals surface area (Å²) in [7, 11) is 0. The van der Waals surface area contributed by atoms with Gasteiger partial charge in [-0.1, -0.05) is 0 Å². The molecule has 1 rings (SSSR count). The number of amides is 1. The molecule has 0 fully saturated rings. The fourth-order valence-corrected chi connectivity index (χ4v) is 1.17. The summed E-state index contributed by atoms with van der Waals surface area (Å²) >= 11 is 0. The molecular weight excluding hydrogens is 142 g/mol. The molecule has 0 spiro atoms. The van der Waals surface area contributed by atoms with Gasteiger partial charge in [-0.05, 0) is 13.8 Å². The third-order valence-electron chi connectivity index (χ3n) is 1.87. The maximum atomic E-state index is 11.3. The number of rotatable bonds is 2. The van der Waals surface area contributed by atoms with Gasteiger partial charge < -0.3 is 5.73 Å². The predicted molar refractivity (Wildman–Crippen MR) is 43.0 cm³/mol. The van der Waals surface area contributed by atoms with Gasteiger partial charge in [0.1, 0.15) is 0 Å². The summed E-state index contributed by atoms with van der Waals surface area (Å²) in [5.74, 6) is -0.137. The molecule has 4 heteroatoms. The molecule has 0 aliphatic carbocycles. The number of hydrogen-bond acceptors (Lipinski definition) is 3. The van der Waals surface area contributed by atoms with Gasteiger partial charge in [-0.2, -0.15) is 5.10 Å². The smallest absolute Gasteiger partial charge is 0.252 e. The topological polar surface area (TPSA) is 58.7 Å². The van der Waals surface area contributed by atoms with Gasteiger partial charge in [-0.15, -0.1) is 0 Å². The molecule has 1 unspecified atom stereocenters. The quantitative estimate of drug-likeness (QED) is 0.600. The molecule has 0 aromatic heterocycles. The van der Waals surface area contributed by atoms with Crippen LogP contribution < -0.4 is 5.73 Å². The minimum absolute atomic E-state index is 0.0347. The Morgan fingerprint density at radius 3 is 2.64 bits per heavy atom. The largest absolute Gasteiger partial charge is 0.329 e. The van der Waals surface area contributed by atoms with Crippen molar-refractivity contribution < 1.29 is 4.79 Å². The minimum atomic E-state index is -0.171. The average Bonchev–Trinajstić information content (AvgIpc) is 2.26. The van der Waals surface area contributed by atoms with Crippen LogP contribution in [0.2, 0.25) is 0 Å². The van der Waals surface area contributed by atoms with Crippen LogP contribution in [0.3, 0.4) is 0 Å². The van der Waals surface area contributed by atoms with E-state index < -0.39 is 0 Å². The summed E-state index contributed by atoms with van der Waals surface area (Å²) < 4.78 is 0. The molecule has 0 bridgehead atoms. The van der Waals surface area contributed by atoms with Gasteiger partial charge in [0, 0.05) is 18.8 Å². The van der Waals surface area contributed by atoms with E-state index in [1.165, 1.54) is 5.01 Å². The zero-order valence-corrected chi connectivity index (χ0v) is 6.87. The Morgan fingerprint density at radius 1 is 1.73 bits per heavy atom. The molecule has 1 atom stereocenters. The second kappa shape index (κ2) is 3.00. The standard InChI is InChI=1S/C7H13N3O/c1-3-10-7(11)6(4-8)5(2)9-10/h6H,3-4,8H2,1-2H3. The van der Waals surface area contributed by atoms with E-state index >= 15 is 0 Å². The number of nitrogens with zero attached hydrogens (tertiary/aromatic N) is 2. The first kappa shape index (κ1) is 8.20. The van der Waals surface area contributed by atoms with Gasteiger partial charge in [0.25, 0.3) is 5.91 Å². The lowest BCUT2D eigenvalue weighted by Crippen LogP contribution is -2.31. The molecule has 1 aliphatic heterocycles. The van der Waals surface area contributed by atoms with E-state index in [1.54, 1.807) is 0 Å². The Balaban J connectivity index is 2.75. The first-order valence-electron chi connectivity index (χ1n) is 3.77. The lowest BCUT2D eigenvalue weighted by atomic mass is 10.1. The van der Waals surface area contributed by atoms with Crippen molar-refractivity contribution in [3.63, 3.8) is 0 Å². The molecule has 0 aromatic carbocycles. The predicted octanol–water partition coefficient (Wildman–Crippen LogP) is -0.201. The molecule has 0 saturated heterocycles. The van der Waals surface area contributed by atoms with E-state index in [-0.39, 0.29) is 11.8 Å². The normalized spacial score (nSPS) is 24.3. The number of hydrogen-bond donors (Lipinski definition) is 1. The first-order chi connectivity index (χ1) is 5.20. The molecule has 11 heavy (non-hydrogen) atoms. The molecule has 1 heterocycles. The third kappa shape index (κ3) is 1.26. The van der Waals surface area contributed by atoms with Crippen molar-refractivity contribution in [1.82, 2.24) is 5.01 Å². The van der Waals surface area contributed by atoms with Crippen LogP contribution in [0.15, 0.2) is 5.10 Å². The third-order valence-corrected chi connectivity index (χ3v) is 1.87. The van der Waals surface area contributed by atoms with E-state index in [1.807, 2.05) is 13.8 Å². The van der Waals surface area contributed by atoms with E-state index in [0.717, 1.165) is 5.71 Å². The summed E-state index contributed by atoms with van der Waals surface area (Å²) in [5.41, 5.74) is 6.24. The highest BCUT2D eigenvalue weighted by molar-refractivity contribution is 6.07. The molecule has 0 radical (unpaired) electrons. The van der Waals surface area contributed by atoms with Gasteiger partial charge in [-0.3, -0.25) is 4.79 Å². The Hall–Kier alpha value is -0.900. The number of carbonyl (C=O) groups is 1. The Kier molecular flexibility index (Phi) is 2.24. The lowest BCUT2D eigenvalue weighted by molar-refractivity contribution is -0.131. The van der Waals surface area contributed by atoms with E-state index in [2.05, 4.69) is 5.10 Å². The first-order valence-corrected chi connectivity index (χ1v) is 3.77. The van der Waals surface area contributed by atoms with Gasteiger partial charge in [0.15, 0.2) is 0 Å². The summed E-state index contributed by atoms with van der Waals surface area (Å²) in [6.07, 6.45) is 0. The molecule has 4 nitrogen and oxygen atoms in total. The Labute approximate surface area is 66.0 Å². The molecule has 62 valence electrons. The summed E-state index contributed by atoms with van der Waals surface area (Å²) in [6.45, 7) is 4.73. The number of nitrogens with two attached hydrogens (primary N) is 1. The summed E-state index contributed by atoms with van der Waals surface area (Å²) in [5, 5.41) is 5.53. The molecule has 2 N–H and O–H groups in total. The molecule has 1 amide bonds. The molecule has 0 saturated carbocycles. The van der Waals surface area contributed by atoms with Crippen molar-refractivity contribution in [2.24, 2.45) is 16.8 Å². The van der Waals surface area contributed by atoms with Crippen LogP contribution in [-0.2, 0) is 4.79 Å². The summed E-state index contributed by atoms with van der Waals surface area (Å²) in [6, 6.07) is 0. The van der Waals surface area contributed by atoms with Gasteiger partial charge in [0.2, 0.25) is 0 Å². The van der Waals surface area contributed by atoms with Crippen LogP contribution >= 0.6 is 0 Å². The molecule has 0 aromatic rings. The fraction of sp³-hybridized carbons (Fsp3) is 0.714. The zero-order valence-electron chi connectivity index (χ0n) is 6.87. The summed E-state index contributed by atoms with van der Waals surface area (Å²) in [4.78, 5) is 11.3. The maximum absolute atomic E-state index is 11.3. The maximum Gasteiger partial charge on any atom is 0.252 e. The molecular formula is C7H13N3O. The monoisotopic (exact) mass is 155 g/mol. The SMILES string of the molecule is CCN1N=C(C)C(CN)C1=O. The van der Waals surface area contributed by atoms with Crippen molar-refractivity contribution in [2.75, 3.05) is 13.1 Å². The van der Waals surface area contributed by atoms with Crippen LogP contribution in [0.5, 0.6) is 0 Å². The molecule has 1 aliphatic rings. The van der Waals surface area contributed by atoms with Crippen LogP contribution in [0.4, 0.5) is 0 Å². The van der Waals surface area contributed by atoms with Crippen molar-refractivity contribution in [3.05, 3.63) is 0 Å². The number of hydrazone groups is 1. The average molecular weight is 155 g/mol. The zero-order chi connectivity index (χ0) is 8.43. The second-order valence-corrected chi connectivity index (χ2v) is 2.58. The van der Waals surface area contributed by atoms with Crippen molar-refractivity contribution in [2.45, 2.75) is 13.8 Å². The van der Waals surface area contributed by atoms with Crippen molar-refractivity contribution >= 4 is 11.6 Å². The minimum Gasteiger partial charge on any atom is -0.329 e. The van der Waals surface area contributed by atoms with Crippen LogP contribution in [0.1, 0.15) is 13.8 Å². The highest BCUT2D eigenvalue weighted by Crippen LogP contribution is 2.13.